The summed E-state index contributed by atoms with van der Waals surface area (Å²) in [5.74, 6) is -0.833. The SMILES string of the molecule is CC(=O)O.O=P([O-])([O-])[O-].[Cu]. The van der Waals surface area contributed by atoms with Crippen molar-refractivity contribution in [3.05, 3.63) is 0 Å². The van der Waals surface area contributed by atoms with Crippen molar-refractivity contribution < 1.29 is 46.2 Å². The number of carbonyl (C=O) groups is 1. The van der Waals surface area contributed by atoms with E-state index in [2.05, 4.69) is 0 Å². The van der Waals surface area contributed by atoms with E-state index in [0.717, 1.165) is 6.92 Å². The van der Waals surface area contributed by atoms with Crippen molar-refractivity contribution >= 4 is 13.8 Å². The van der Waals surface area contributed by atoms with Gasteiger partial charge in [0.25, 0.3) is 5.97 Å². The maximum absolute atomic E-state index is 9.00. The van der Waals surface area contributed by atoms with Crippen molar-refractivity contribution in [1.29, 1.82) is 0 Å². The molecule has 0 rings (SSSR count). The fourth-order valence-corrected chi connectivity index (χ4v) is 0. The van der Waals surface area contributed by atoms with Gasteiger partial charge in [0.15, 0.2) is 0 Å². The Morgan fingerprint density at radius 1 is 1.40 bits per heavy atom. The predicted molar refractivity (Wildman–Crippen MR) is 20.9 cm³/mol. The minimum Gasteiger partial charge on any atom is -0.822 e. The zero-order chi connectivity index (χ0) is 8.08. The van der Waals surface area contributed by atoms with Gasteiger partial charge in [0.05, 0.1) is 0 Å². The number of hydrogen-bond acceptors (Lipinski definition) is 5. The summed E-state index contributed by atoms with van der Waals surface area (Å²) in [6.07, 6.45) is 0. The molecule has 0 atom stereocenters. The molecule has 0 spiro atoms. The fraction of sp³-hybridized carbons (Fsp3) is 0.500. The first-order valence-electron chi connectivity index (χ1n) is 1.66. The fourth-order valence-electron chi connectivity index (χ4n) is 0. The third kappa shape index (κ3) is 41300. The first kappa shape index (κ1) is 16.6. The second-order valence-electron chi connectivity index (χ2n) is 0.966. The van der Waals surface area contributed by atoms with E-state index in [0.29, 0.717) is 0 Å². The standard InChI is InChI=1S/C2H4O2.Cu.H3O4P/c1-2(3)4;;1-5(2,3)4/h1H3,(H,3,4);;(H3,1,2,3,4)/p-3. The largest absolute Gasteiger partial charge is 0.822 e. The van der Waals surface area contributed by atoms with Crippen LogP contribution in [0.15, 0.2) is 0 Å². The Hall–Kier alpha value is 0.0995. The number of hydrogen-bond donors (Lipinski definition) is 1. The minimum absolute atomic E-state index is 0. The van der Waals surface area contributed by atoms with E-state index in [1.54, 1.807) is 0 Å². The number of aliphatic carboxylic acids is 1. The summed E-state index contributed by atoms with van der Waals surface area (Å²) in [5, 5.41) is 7.42. The summed E-state index contributed by atoms with van der Waals surface area (Å²) in [7, 11) is -5.39. The average molecular weight is 219 g/mol. The molecule has 0 saturated carbocycles. The van der Waals surface area contributed by atoms with Crippen LogP contribution in [0.25, 0.3) is 0 Å². The van der Waals surface area contributed by atoms with E-state index >= 15 is 0 Å². The van der Waals surface area contributed by atoms with Crippen molar-refractivity contribution in [2.75, 3.05) is 0 Å². The summed E-state index contributed by atoms with van der Waals surface area (Å²) < 4.78 is 8.55. The predicted octanol–water partition coefficient (Wildman–Crippen LogP) is -2.74. The molecule has 8 heteroatoms. The smallest absolute Gasteiger partial charge is 0.300 e. The molecule has 0 amide bonds. The van der Waals surface area contributed by atoms with Crippen LogP contribution in [0.3, 0.4) is 0 Å². The molecule has 0 aliphatic carbocycles. The van der Waals surface area contributed by atoms with Crippen molar-refractivity contribution in [1.82, 2.24) is 0 Å². The molecule has 0 aliphatic rings. The normalized spacial score (nSPS) is 8.40. The molecule has 0 aliphatic heterocycles. The molecular formula is C2H4CuO6P-3. The molecule has 1 radical (unpaired) electrons. The Morgan fingerprint density at radius 3 is 1.40 bits per heavy atom. The third-order valence-corrected chi connectivity index (χ3v) is 0. The van der Waals surface area contributed by atoms with E-state index in [4.69, 9.17) is 29.1 Å². The topological polar surface area (TPSA) is 124 Å². The van der Waals surface area contributed by atoms with E-state index in [-0.39, 0.29) is 17.1 Å². The minimum atomic E-state index is -5.39. The Bertz CT molecular complexity index is 115. The maximum atomic E-state index is 9.00. The van der Waals surface area contributed by atoms with Crippen molar-refractivity contribution in [3.63, 3.8) is 0 Å². The van der Waals surface area contributed by atoms with Crippen LogP contribution in [0.4, 0.5) is 0 Å². The van der Waals surface area contributed by atoms with Gasteiger partial charge in [0, 0.05) is 24.0 Å². The number of carboxylic acid groups (broad SMARTS) is 1. The summed E-state index contributed by atoms with van der Waals surface area (Å²) in [6, 6.07) is 0. The summed E-state index contributed by atoms with van der Waals surface area (Å²) in [6.45, 7) is 1.08. The van der Waals surface area contributed by atoms with Crippen LogP contribution in [0.5, 0.6) is 0 Å². The maximum Gasteiger partial charge on any atom is 0.300 e. The molecule has 0 aromatic carbocycles. The van der Waals surface area contributed by atoms with E-state index in [1.165, 1.54) is 0 Å². The van der Waals surface area contributed by atoms with Gasteiger partial charge >= 0.3 is 0 Å². The molecule has 0 unspecified atom stereocenters. The molecular weight excluding hydrogens is 215 g/mol. The zero-order valence-corrected chi connectivity index (χ0v) is 6.57. The van der Waals surface area contributed by atoms with Gasteiger partial charge in [-0.25, -0.2) is 0 Å². The number of phosphoric acid groups is 1. The monoisotopic (exact) mass is 218 g/mol. The van der Waals surface area contributed by atoms with Crippen LogP contribution >= 0.6 is 7.82 Å². The second kappa shape index (κ2) is 7.21. The molecule has 1 N–H and O–H groups in total. The van der Waals surface area contributed by atoms with Gasteiger partial charge in [-0.2, -0.15) is 7.82 Å². The molecule has 67 valence electrons. The summed E-state index contributed by atoms with van der Waals surface area (Å²) in [5.41, 5.74) is 0. The van der Waals surface area contributed by atoms with Gasteiger partial charge in [0.2, 0.25) is 0 Å². The average Bonchev–Trinajstić information content (AvgIpc) is 1.19. The third-order valence-electron chi connectivity index (χ3n) is 0. The quantitative estimate of drug-likeness (QED) is 0.348. The Morgan fingerprint density at radius 2 is 1.40 bits per heavy atom. The van der Waals surface area contributed by atoms with Crippen molar-refractivity contribution in [2.45, 2.75) is 6.92 Å². The molecule has 0 saturated heterocycles. The van der Waals surface area contributed by atoms with Gasteiger partial charge < -0.3 is 24.4 Å². The van der Waals surface area contributed by atoms with Gasteiger partial charge in [-0.15, -0.1) is 0 Å². The molecule has 0 aromatic heterocycles. The van der Waals surface area contributed by atoms with Gasteiger partial charge in [-0.3, -0.25) is 4.79 Å². The van der Waals surface area contributed by atoms with E-state index in [1.807, 2.05) is 0 Å². The molecule has 0 bridgehead atoms. The van der Waals surface area contributed by atoms with Crippen LogP contribution in [-0.2, 0) is 26.4 Å². The first-order chi connectivity index (χ1) is 3.73. The first-order valence-corrected chi connectivity index (χ1v) is 3.12. The van der Waals surface area contributed by atoms with Crippen LogP contribution in [0.1, 0.15) is 6.92 Å². The second-order valence-corrected chi connectivity index (χ2v) is 1.86. The molecule has 0 fully saturated rings. The molecule has 0 heterocycles. The van der Waals surface area contributed by atoms with Crippen molar-refractivity contribution in [2.24, 2.45) is 0 Å². The van der Waals surface area contributed by atoms with E-state index < -0.39 is 13.8 Å². The van der Waals surface area contributed by atoms with E-state index in [9.17, 15) is 0 Å². The van der Waals surface area contributed by atoms with Gasteiger partial charge in [0.1, 0.15) is 0 Å². The molecule has 6 nitrogen and oxygen atoms in total. The van der Waals surface area contributed by atoms with Crippen LogP contribution < -0.4 is 14.7 Å². The Labute approximate surface area is 67.6 Å². The van der Waals surface area contributed by atoms with Crippen LogP contribution in [0, 0.1) is 0 Å². The zero-order valence-electron chi connectivity index (χ0n) is 4.74. The van der Waals surface area contributed by atoms with Gasteiger partial charge in [-0.1, -0.05) is 0 Å². The molecule has 0 aromatic rings. The molecule has 10 heavy (non-hydrogen) atoms. The van der Waals surface area contributed by atoms with Gasteiger partial charge in [-0.05, 0) is 0 Å². The van der Waals surface area contributed by atoms with Crippen LogP contribution in [-0.4, -0.2) is 11.1 Å². The van der Waals surface area contributed by atoms with Crippen molar-refractivity contribution in [3.8, 4) is 0 Å². The number of carboxylic acids is 1. The number of rotatable bonds is 0. The Kier molecular flexibility index (Phi) is 12.0. The van der Waals surface area contributed by atoms with Crippen LogP contribution in [0.2, 0.25) is 0 Å². The summed E-state index contributed by atoms with van der Waals surface area (Å²) in [4.78, 5) is 34.6. The summed E-state index contributed by atoms with van der Waals surface area (Å²) >= 11 is 0. The Balaban J connectivity index is -0.0000000910.